The maximum Gasteiger partial charge on any atom is 0.309 e. The highest BCUT2D eigenvalue weighted by molar-refractivity contribution is 5.86. The first-order valence-electron chi connectivity index (χ1n) is 6.81. The molecule has 0 aromatic heterocycles. The minimum atomic E-state index is -0.530. The predicted octanol–water partition coefficient (Wildman–Crippen LogP) is 0.203. The zero-order valence-corrected chi connectivity index (χ0v) is 12.7. The number of carbonyl (C=O) groups is 3. The fourth-order valence-corrected chi connectivity index (χ4v) is 1.48. The summed E-state index contributed by atoms with van der Waals surface area (Å²) in [5.41, 5.74) is 0. The number of benzene rings is 1. The molecule has 1 aromatic carbocycles. The van der Waals surface area contributed by atoms with Crippen LogP contribution in [0.2, 0.25) is 0 Å². The number of amides is 2. The fraction of sp³-hybridized carbons (Fsp3) is 0.400. The number of nitrogens with zero attached hydrogens (tertiary/aromatic N) is 1. The molecule has 0 bridgehead atoms. The van der Waals surface area contributed by atoms with Crippen LogP contribution < -0.4 is 10.1 Å². The topological polar surface area (TPSA) is 84.9 Å². The lowest BCUT2D eigenvalue weighted by atomic mass is 10.3. The summed E-state index contributed by atoms with van der Waals surface area (Å²) in [5.74, 6) is -0.603. The van der Waals surface area contributed by atoms with Crippen molar-refractivity contribution in [3.63, 3.8) is 0 Å². The number of hydrogen-bond donors (Lipinski definition) is 1. The van der Waals surface area contributed by atoms with E-state index in [0.717, 1.165) is 0 Å². The monoisotopic (exact) mass is 308 g/mol. The number of nitrogens with one attached hydrogen (secondary N) is 1. The number of ether oxygens (including phenoxy) is 2. The molecule has 120 valence electrons. The van der Waals surface area contributed by atoms with Gasteiger partial charge in [-0.05, 0) is 12.1 Å². The summed E-state index contributed by atoms with van der Waals surface area (Å²) in [6.45, 7) is -0.299. The van der Waals surface area contributed by atoms with Gasteiger partial charge < -0.3 is 19.7 Å². The summed E-state index contributed by atoms with van der Waals surface area (Å²) in [5, 5.41) is 2.40. The Morgan fingerprint density at radius 3 is 2.50 bits per heavy atom. The number of hydrogen-bond acceptors (Lipinski definition) is 5. The molecule has 0 radical (unpaired) electrons. The Kier molecular flexibility index (Phi) is 7.45. The zero-order chi connectivity index (χ0) is 16.4. The molecule has 0 fully saturated rings. The molecule has 7 heteroatoms. The first kappa shape index (κ1) is 17.5. The molecule has 2 amide bonds. The number of para-hydroxylation sites is 1. The van der Waals surface area contributed by atoms with E-state index in [4.69, 9.17) is 9.47 Å². The van der Waals surface area contributed by atoms with Gasteiger partial charge in [-0.1, -0.05) is 18.2 Å². The Morgan fingerprint density at radius 1 is 1.18 bits per heavy atom. The first-order valence-corrected chi connectivity index (χ1v) is 6.81. The molecule has 0 saturated heterocycles. The molecule has 0 atom stereocenters. The van der Waals surface area contributed by atoms with Gasteiger partial charge in [0.2, 0.25) is 5.91 Å². The van der Waals surface area contributed by atoms with Crippen LogP contribution >= 0.6 is 0 Å². The summed E-state index contributed by atoms with van der Waals surface area (Å²) >= 11 is 0. The van der Waals surface area contributed by atoms with Crippen LogP contribution in [0.3, 0.4) is 0 Å². The van der Waals surface area contributed by atoms with Crippen LogP contribution in [-0.2, 0) is 19.1 Å². The van der Waals surface area contributed by atoms with E-state index in [1.54, 1.807) is 12.1 Å². The van der Waals surface area contributed by atoms with Gasteiger partial charge in [-0.15, -0.1) is 0 Å². The van der Waals surface area contributed by atoms with Gasteiger partial charge in [-0.2, -0.15) is 0 Å². The lowest BCUT2D eigenvalue weighted by molar-refractivity contribution is -0.152. The highest BCUT2D eigenvalue weighted by Crippen LogP contribution is 2.08. The van der Waals surface area contributed by atoms with E-state index in [0.29, 0.717) is 5.75 Å². The molecule has 0 aliphatic heterocycles. The van der Waals surface area contributed by atoms with Crippen molar-refractivity contribution in [1.82, 2.24) is 10.2 Å². The molecule has 7 nitrogen and oxygen atoms in total. The third-order valence-corrected chi connectivity index (χ3v) is 2.76. The molecule has 0 spiro atoms. The highest BCUT2D eigenvalue weighted by atomic mass is 16.5. The Labute approximate surface area is 129 Å². The molecule has 0 saturated carbocycles. The predicted molar refractivity (Wildman–Crippen MR) is 79.2 cm³/mol. The Morgan fingerprint density at radius 2 is 1.86 bits per heavy atom. The molecule has 1 rings (SSSR count). The normalized spacial score (nSPS) is 9.73. The van der Waals surface area contributed by atoms with Crippen molar-refractivity contribution < 1.29 is 23.9 Å². The van der Waals surface area contributed by atoms with Crippen LogP contribution in [-0.4, -0.2) is 56.5 Å². The second-order valence-electron chi connectivity index (χ2n) is 4.50. The van der Waals surface area contributed by atoms with E-state index < -0.39 is 18.5 Å². The quantitative estimate of drug-likeness (QED) is 0.694. The van der Waals surface area contributed by atoms with Crippen molar-refractivity contribution in [1.29, 1.82) is 0 Å². The molecule has 0 heterocycles. The van der Waals surface area contributed by atoms with Crippen LogP contribution in [0.4, 0.5) is 0 Å². The second-order valence-corrected chi connectivity index (χ2v) is 4.50. The third-order valence-electron chi connectivity index (χ3n) is 2.76. The molecule has 0 unspecified atom stereocenters. The van der Waals surface area contributed by atoms with Gasteiger partial charge in [0, 0.05) is 14.1 Å². The smallest absolute Gasteiger partial charge is 0.309 e. The molecular formula is C15H20N2O5. The van der Waals surface area contributed by atoms with Crippen LogP contribution in [0, 0.1) is 0 Å². The maximum absolute atomic E-state index is 11.6. The largest absolute Gasteiger partial charge is 0.493 e. The van der Waals surface area contributed by atoms with Gasteiger partial charge in [0.05, 0.1) is 19.6 Å². The molecule has 22 heavy (non-hydrogen) atoms. The van der Waals surface area contributed by atoms with Gasteiger partial charge >= 0.3 is 5.97 Å². The van der Waals surface area contributed by atoms with Crippen molar-refractivity contribution in [3.8, 4) is 5.75 Å². The second kappa shape index (κ2) is 9.38. The van der Waals surface area contributed by atoms with Crippen molar-refractivity contribution in [2.24, 2.45) is 0 Å². The van der Waals surface area contributed by atoms with Crippen LogP contribution in [0.5, 0.6) is 5.75 Å². The van der Waals surface area contributed by atoms with Crippen LogP contribution in [0.25, 0.3) is 0 Å². The van der Waals surface area contributed by atoms with Gasteiger partial charge in [0.15, 0.2) is 6.61 Å². The molecule has 1 aromatic rings. The first-order chi connectivity index (χ1) is 10.5. The number of esters is 1. The summed E-state index contributed by atoms with van der Waals surface area (Å²) in [4.78, 5) is 35.4. The van der Waals surface area contributed by atoms with Gasteiger partial charge in [-0.3, -0.25) is 14.4 Å². The third kappa shape index (κ3) is 6.74. The van der Waals surface area contributed by atoms with E-state index in [1.165, 1.54) is 19.0 Å². The van der Waals surface area contributed by atoms with Crippen molar-refractivity contribution >= 4 is 17.8 Å². The summed E-state index contributed by atoms with van der Waals surface area (Å²) in [6.07, 6.45) is 0.0430. The lowest BCUT2D eigenvalue weighted by Crippen LogP contribution is -2.39. The number of rotatable bonds is 8. The fourth-order valence-electron chi connectivity index (χ4n) is 1.48. The summed E-state index contributed by atoms with van der Waals surface area (Å²) in [7, 11) is 2.94. The Bertz CT molecular complexity index is 504. The average Bonchev–Trinajstić information content (AvgIpc) is 2.53. The van der Waals surface area contributed by atoms with E-state index in [-0.39, 0.29) is 25.5 Å². The maximum atomic E-state index is 11.6. The van der Waals surface area contributed by atoms with Crippen LogP contribution in [0.1, 0.15) is 6.42 Å². The SMILES string of the molecule is CNC(=O)CN(C)C(=O)COC(=O)CCOc1ccccc1. The van der Waals surface area contributed by atoms with Gasteiger partial charge in [0.1, 0.15) is 5.75 Å². The van der Waals surface area contributed by atoms with E-state index in [9.17, 15) is 14.4 Å². The molecule has 0 aliphatic rings. The molecule has 0 aliphatic carbocycles. The lowest BCUT2D eigenvalue weighted by Gasteiger charge is -2.15. The minimum Gasteiger partial charge on any atom is -0.493 e. The summed E-state index contributed by atoms with van der Waals surface area (Å²) < 4.78 is 10.2. The Hall–Kier alpha value is -2.57. The highest BCUT2D eigenvalue weighted by Gasteiger charge is 2.14. The van der Waals surface area contributed by atoms with E-state index in [2.05, 4.69) is 5.32 Å². The number of likely N-dealkylation sites (N-methyl/N-ethyl adjacent to an activating group) is 2. The zero-order valence-electron chi connectivity index (χ0n) is 12.7. The molecular weight excluding hydrogens is 288 g/mol. The van der Waals surface area contributed by atoms with Crippen molar-refractivity contribution in [2.75, 3.05) is 33.9 Å². The van der Waals surface area contributed by atoms with E-state index >= 15 is 0 Å². The van der Waals surface area contributed by atoms with Gasteiger partial charge in [0.25, 0.3) is 5.91 Å². The van der Waals surface area contributed by atoms with Crippen LogP contribution in [0.15, 0.2) is 30.3 Å². The average molecular weight is 308 g/mol. The standard InChI is InChI=1S/C15H20N2O5/c1-16-13(18)10-17(2)14(19)11-22-15(20)8-9-21-12-6-4-3-5-7-12/h3-7H,8-11H2,1-2H3,(H,16,18). The minimum absolute atomic E-state index is 0.0430. The van der Waals surface area contributed by atoms with Gasteiger partial charge in [-0.25, -0.2) is 0 Å². The van der Waals surface area contributed by atoms with Crippen molar-refractivity contribution in [3.05, 3.63) is 30.3 Å². The van der Waals surface area contributed by atoms with E-state index in [1.807, 2.05) is 18.2 Å². The van der Waals surface area contributed by atoms with Crippen molar-refractivity contribution in [2.45, 2.75) is 6.42 Å². The Balaban J connectivity index is 2.19. The number of carbonyl (C=O) groups excluding carboxylic acids is 3. The molecule has 1 N–H and O–H groups in total. The summed E-state index contributed by atoms with van der Waals surface area (Å²) in [6, 6.07) is 9.08.